The van der Waals surface area contributed by atoms with Crippen molar-refractivity contribution in [1.82, 2.24) is 5.32 Å². The number of aliphatic carboxylic acids is 1. The Balaban J connectivity index is 1.58. The molecule has 2 fully saturated rings. The molecule has 3 atom stereocenters. The standard InChI is InChI=1S/C11H19NO3S2/c13-11(14)10-2-1-8(15-10)5-12-6-9-7-16-3-4-17-9/h8-10,12H,1-7H2,(H,13,14). The molecule has 2 saturated heterocycles. The number of carboxylic acid groups (broad SMARTS) is 1. The van der Waals surface area contributed by atoms with Crippen molar-refractivity contribution in [3.05, 3.63) is 0 Å². The van der Waals surface area contributed by atoms with Crippen LogP contribution in [0.1, 0.15) is 12.8 Å². The lowest BCUT2D eigenvalue weighted by Gasteiger charge is -2.22. The Morgan fingerprint density at radius 2 is 2.24 bits per heavy atom. The van der Waals surface area contributed by atoms with Crippen LogP contribution in [-0.4, -0.2) is 58.9 Å². The van der Waals surface area contributed by atoms with E-state index in [1.807, 2.05) is 23.5 Å². The van der Waals surface area contributed by atoms with Gasteiger partial charge in [-0.15, -0.1) is 0 Å². The van der Waals surface area contributed by atoms with Crippen LogP contribution < -0.4 is 5.32 Å². The van der Waals surface area contributed by atoms with Crippen LogP contribution in [0.4, 0.5) is 0 Å². The minimum absolute atomic E-state index is 0.0809. The molecule has 4 nitrogen and oxygen atoms in total. The number of ether oxygens (including phenoxy) is 1. The molecule has 0 aromatic rings. The van der Waals surface area contributed by atoms with E-state index in [1.165, 1.54) is 17.3 Å². The average Bonchev–Trinajstić information content (AvgIpc) is 2.79. The first-order chi connectivity index (χ1) is 8.25. The van der Waals surface area contributed by atoms with Crippen molar-refractivity contribution < 1.29 is 14.6 Å². The zero-order valence-corrected chi connectivity index (χ0v) is 11.4. The Labute approximate surface area is 110 Å². The van der Waals surface area contributed by atoms with E-state index in [-0.39, 0.29) is 6.10 Å². The second-order valence-corrected chi connectivity index (χ2v) is 6.95. The van der Waals surface area contributed by atoms with E-state index in [0.717, 1.165) is 19.5 Å². The summed E-state index contributed by atoms with van der Waals surface area (Å²) in [6.45, 7) is 1.79. The fourth-order valence-corrected chi connectivity index (χ4v) is 4.74. The summed E-state index contributed by atoms with van der Waals surface area (Å²) in [7, 11) is 0. The Hall–Kier alpha value is 0.0900. The van der Waals surface area contributed by atoms with Gasteiger partial charge in [0.1, 0.15) is 0 Å². The predicted octanol–water partition coefficient (Wildman–Crippen LogP) is 1.06. The van der Waals surface area contributed by atoms with Crippen molar-refractivity contribution in [1.29, 1.82) is 0 Å². The van der Waals surface area contributed by atoms with E-state index >= 15 is 0 Å². The lowest BCUT2D eigenvalue weighted by Crippen LogP contribution is -2.34. The second-order valence-electron chi connectivity index (χ2n) is 4.39. The van der Waals surface area contributed by atoms with Crippen molar-refractivity contribution in [2.75, 3.05) is 30.3 Å². The highest BCUT2D eigenvalue weighted by Gasteiger charge is 2.30. The molecule has 0 aromatic carbocycles. The number of hydrogen-bond donors (Lipinski definition) is 2. The first kappa shape index (κ1) is 13.5. The van der Waals surface area contributed by atoms with Crippen molar-refractivity contribution in [2.24, 2.45) is 0 Å². The molecule has 0 bridgehead atoms. The van der Waals surface area contributed by atoms with Gasteiger partial charge in [-0.2, -0.15) is 23.5 Å². The van der Waals surface area contributed by atoms with Gasteiger partial charge in [-0.25, -0.2) is 4.79 Å². The van der Waals surface area contributed by atoms with Crippen molar-refractivity contribution in [3.8, 4) is 0 Å². The summed E-state index contributed by atoms with van der Waals surface area (Å²) >= 11 is 4.05. The summed E-state index contributed by atoms with van der Waals surface area (Å²) in [5, 5.41) is 12.9. The van der Waals surface area contributed by atoms with Crippen LogP contribution in [0.3, 0.4) is 0 Å². The Morgan fingerprint density at radius 1 is 1.35 bits per heavy atom. The van der Waals surface area contributed by atoms with Crippen LogP contribution in [0, 0.1) is 0 Å². The number of thioether (sulfide) groups is 2. The molecule has 17 heavy (non-hydrogen) atoms. The predicted molar refractivity (Wildman–Crippen MR) is 72.0 cm³/mol. The number of nitrogens with one attached hydrogen (secondary N) is 1. The Bertz CT molecular complexity index is 259. The summed E-state index contributed by atoms with van der Waals surface area (Å²) in [4.78, 5) is 10.7. The maximum absolute atomic E-state index is 10.7. The van der Waals surface area contributed by atoms with Crippen LogP contribution in [0.2, 0.25) is 0 Å². The largest absolute Gasteiger partial charge is 0.479 e. The molecule has 2 rings (SSSR count). The van der Waals surface area contributed by atoms with Crippen LogP contribution in [0.25, 0.3) is 0 Å². The van der Waals surface area contributed by atoms with Crippen molar-refractivity contribution in [2.45, 2.75) is 30.3 Å². The average molecular weight is 277 g/mol. The van der Waals surface area contributed by atoms with Gasteiger partial charge >= 0.3 is 5.97 Å². The van der Waals surface area contributed by atoms with Gasteiger partial charge in [0.05, 0.1) is 6.10 Å². The van der Waals surface area contributed by atoms with Gasteiger partial charge in [0.2, 0.25) is 0 Å². The molecule has 2 aliphatic rings. The van der Waals surface area contributed by atoms with Crippen LogP contribution in [0.15, 0.2) is 0 Å². The molecular formula is C11H19NO3S2. The summed E-state index contributed by atoms with van der Waals surface area (Å²) in [5.41, 5.74) is 0. The fourth-order valence-electron chi connectivity index (χ4n) is 2.10. The Morgan fingerprint density at radius 3 is 2.88 bits per heavy atom. The van der Waals surface area contributed by atoms with Crippen LogP contribution in [0.5, 0.6) is 0 Å². The van der Waals surface area contributed by atoms with E-state index in [4.69, 9.17) is 9.84 Å². The van der Waals surface area contributed by atoms with E-state index in [1.54, 1.807) is 0 Å². The third-order valence-corrected chi connectivity index (χ3v) is 5.86. The highest BCUT2D eigenvalue weighted by Crippen LogP contribution is 2.23. The minimum Gasteiger partial charge on any atom is -0.479 e. The highest BCUT2D eigenvalue weighted by molar-refractivity contribution is 8.06. The molecule has 0 saturated carbocycles. The van der Waals surface area contributed by atoms with E-state index in [2.05, 4.69) is 5.32 Å². The first-order valence-electron chi connectivity index (χ1n) is 6.04. The zero-order chi connectivity index (χ0) is 12.1. The molecule has 0 amide bonds. The lowest BCUT2D eigenvalue weighted by atomic mass is 10.2. The van der Waals surface area contributed by atoms with Crippen LogP contribution >= 0.6 is 23.5 Å². The topological polar surface area (TPSA) is 58.6 Å². The molecule has 2 heterocycles. The van der Waals surface area contributed by atoms with E-state index in [0.29, 0.717) is 11.7 Å². The lowest BCUT2D eigenvalue weighted by molar-refractivity contribution is -0.149. The zero-order valence-electron chi connectivity index (χ0n) is 9.76. The molecule has 0 aliphatic carbocycles. The molecule has 0 spiro atoms. The molecular weight excluding hydrogens is 258 g/mol. The van der Waals surface area contributed by atoms with Gasteiger partial charge in [-0.3, -0.25) is 0 Å². The fraction of sp³-hybridized carbons (Fsp3) is 0.909. The second kappa shape index (κ2) is 6.87. The quantitative estimate of drug-likeness (QED) is 0.783. The molecule has 6 heteroatoms. The van der Waals surface area contributed by atoms with Gasteiger partial charge in [0.15, 0.2) is 6.10 Å². The van der Waals surface area contributed by atoms with E-state index in [9.17, 15) is 4.79 Å². The van der Waals surface area contributed by atoms with Gasteiger partial charge in [0.25, 0.3) is 0 Å². The summed E-state index contributed by atoms with van der Waals surface area (Å²) in [6.07, 6.45) is 1.01. The number of carboxylic acids is 1. The molecule has 0 radical (unpaired) electrons. The van der Waals surface area contributed by atoms with Gasteiger partial charge in [-0.1, -0.05) is 0 Å². The first-order valence-corrected chi connectivity index (χ1v) is 8.24. The SMILES string of the molecule is O=C(O)C1CCC(CNCC2CSCCS2)O1. The maximum atomic E-state index is 10.7. The summed E-state index contributed by atoms with van der Waals surface area (Å²) < 4.78 is 5.44. The summed E-state index contributed by atoms with van der Waals surface area (Å²) in [5.74, 6) is 2.92. The third kappa shape index (κ3) is 4.35. The molecule has 0 aromatic heterocycles. The normalized spacial score (nSPS) is 33.8. The Kier molecular flexibility index (Phi) is 5.47. The van der Waals surface area contributed by atoms with Gasteiger partial charge < -0.3 is 15.2 Å². The summed E-state index contributed by atoms with van der Waals surface area (Å²) in [6, 6.07) is 0. The molecule has 2 N–H and O–H groups in total. The minimum atomic E-state index is -0.827. The third-order valence-electron chi connectivity index (χ3n) is 3.01. The van der Waals surface area contributed by atoms with Crippen LogP contribution in [-0.2, 0) is 9.53 Å². The van der Waals surface area contributed by atoms with Crippen molar-refractivity contribution in [3.63, 3.8) is 0 Å². The maximum Gasteiger partial charge on any atom is 0.332 e. The monoisotopic (exact) mass is 277 g/mol. The van der Waals surface area contributed by atoms with Gasteiger partial charge in [-0.05, 0) is 12.8 Å². The highest BCUT2D eigenvalue weighted by atomic mass is 32.2. The van der Waals surface area contributed by atoms with E-state index < -0.39 is 12.1 Å². The van der Waals surface area contributed by atoms with Crippen molar-refractivity contribution >= 4 is 29.5 Å². The number of hydrogen-bond acceptors (Lipinski definition) is 5. The smallest absolute Gasteiger partial charge is 0.332 e. The van der Waals surface area contributed by atoms with Gasteiger partial charge in [0, 0.05) is 35.6 Å². The molecule has 98 valence electrons. The molecule has 2 aliphatic heterocycles. The number of carbonyl (C=O) groups is 1. The number of rotatable bonds is 5. The molecule has 3 unspecified atom stereocenters.